The lowest BCUT2D eigenvalue weighted by atomic mass is 9.78. The summed E-state index contributed by atoms with van der Waals surface area (Å²) in [5.74, 6) is 1.84. The summed E-state index contributed by atoms with van der Waals surface area (Å²) in [5.41, 5.74) is -0.413. The van der Waals surface area contributed by atoms with Crippen LogP contribution in [0.15, 0.2) is 0 Å². The Kier molecular flexibility index (Phi) is 4.48. The van der Waals surface area contributed by atoms with E-state index in [0.717, 1.165) is 31.2 Å². The largest absolute Gasteiger partial charge is 0.389 e. The topological polar surface area (TPSA) is 32.3 Å². The molecule has 0 aromatic rings. The second kappa shape index (κ2) is 5.71. The minimum Gasteiger partial charge on any atom is -0.389 e. The number of hydrogen-bond acceptors (Lipinski definition) is 2. The summed E-state index contributed by atoms with van der Waals surface area (Å²) in [6, 6.07) is 0.579. The molecule has 0 heterocycles. The molecule has 0 aromatic carbocycles. The van der Waals surface area contributed by atoms with E-state index < -0.39 is 5.60 Å². The third kappa shape index (κ3) is 4.26. The minimum absolute atomic E-state index is 0.413. The van der Waals surface area contributed by atoms with Crippen LogP contribution in [0.5, 0.6) is 0 Å². The van der Waals surface area contributed by atoms with Crippen molar-refractivity contribution in [2.75, 3.05) is 6.54 Å². The van der Waals surface area contributed by atoms with Gasteiger partial charge in [-0.3, -0.25) is 0 Å². The van der Waals surface area contributed by atoms with Crippen molar-refractivity contribution in [2.24, 2.45) is 11.8 Å². The molecule has 2 rings (SSSR count). The van der Waals surface area contributed by atoms with Gasteiger partial charge in [-0.05, 0) is 50.9 Å². The molecule has 1 unspecified atom stereocenters. The molecule has 0 amide bonds. The fourth-order valence-corrected chi connectivity index (χ4v) is 3.10. The predicted molar refractivity (Wildman–Crippen MR) is 72.0 cm³/mol. The maximum atomic E-state index is 10.5. The molecule has 0 radical (unpaired) electrons. The summed E-state index contributed by atoms with van der Waals surface area (Å²) in [4.78, 5) is 0. The number of hydrogen-bond donors (Lipinski definition) is 2. The lowest BCUT2D eigenvalue weighted by Gasteiger charge is -2.36. The summed E-state index contributed by atoms with van der Waals surface area (Å²) in [7, 11) is 0. The molecule has 2 saturated carbocycles. The van der Waals surface area contributed by atoms with Crippen LogP contribution in [-0.2, 0) is 0 Å². The Bertz CT molecular complexity index is 229. The van der Waals surface area contributed by atoms with Crippen LogP contribution in [0.2, 0.25) is 0 Å². The zero-order chi connectivity index (χ0) is 12.3. The Hall–Kier alpha value is -0.0800. The normalized spacial score (nSPS) is 35.8. The van der Waals surface area contributed by atoms with Gasteiger partial charge in [-0.15, -0.1) is 0 Å². The van der Waals surface area contributed by atoms with E-state index in [0.29, 0.717) is 6.04 Å². The second-order valence-corrected chi connectivity index (χ2v) is 6.54. The highest BCUT2D eigenvalue weighted by Crippen LogP contribution is 2.35. The van der Waals surface area contributed by atoms with Gasteiger partial charge >= 0.3 is 0 Å². The Labute approximate surface area is 106 Å². The van der Waals surface area contributed by atoms with Gasteiger partial charge in [0.25, 0.3) is 0 Å². The first-order valence-electron chi connectivity index (χ1n) is 7.57. The first-order valence-corrected chi connectivity index (χ1v) is 7.57. The van der Waals surface area contributed by atoms with E-state index in [4.69, 9.17) is 0 Å². The summed E-state index contributed by atoms with van der Waals surface area (Å²) in [6.45, 7) is 5.33. The zero-order valence-electron chi connectivity index (χ0n) is 11.5. The average Bonchev–Trinajstić information content (AvgIpc) is 3.12. The fraction of sp³-hybridized carbons (Fsp3) is 1.00. The van der Waals surface area contributed by atoms with Crippen molar-refractivity contribution in [1.82, 2.24) is 5.32 Å². The summed E-state index contributed by atoms with van der Waals surface area (Å²) >= 11 is 0. The second-order valence-electron chi connectivity index (χ2n) is 6.54. The average molecular weight is 239 g/mol. The Morgan fingerprint density at radius 1 is 1.18 bits per heavy atom. The third-order valence-electron chi connectivity index (χ3n) is 4.78. The van der Waals surface area contributed by atoms with Gasteiger partial charge in [0.15, 0.2) is 0 Å². The Morgan fingerprint density at radius 3 is 2.35 bits per heavy atom. The maximum absolute atomic E-state index is 10.5. The Morgan fingerprint density at radius 2 is 1.82 bits per heavy atom. The molecule has 0 saturated heterocycles. The van der Waals surface area contributed by atoms with Crippen molar-refractivity contribution >= 4 is 0 Å². The summed E-state index contributed by atoms with van der Waals surface area (Å²) in [5, 5.41) is 14.1. The molecular weight excluding hydrogens is 210 g/mol. The molecule has 2 N–H and O–H groups in total. The van der Waals surface area contributed by atoms with Gasteiger partial charge in [-0.1, -0.05) is 26.2 Å². The molecule has 0 bridgehead atoms. The van der Waals surface area contributed by atoms with Crippen molar-refractivity contribution < 1.29 is 5.11 Å². The lowest BCUT2D eigenvalue weighted by molar-refractivity contribution is -0.0105. The molecule has 0 spiro atoms. The van der Waals surface area contributed by atoms with Gasteiger partial charge in [-0.25, -0.2) is 0 Å². The van der Waals surface area contributed by atoms with Gasteiger partial charge in [0, 0.05) is 12.6 Å². The maximum Gasteiger partial charge on any atom is 0.0771 e. The van der Waals surface area contributed by atoms with Crippen molar-refractivity contribution in [3.63, 3.8) is 0 Å². The molecule has 2 heteroatoms. The number of aliphatic hydroxyl groups is 1. The first-order chi connectivity index (χ1) is 8.11. The van der Waals surface area contributed by atoms with Gasteiger partial charge in [-0.2, -0.15) is 0 Å². The van der Waals surface area contributed by atoms with E-state index in [2.05, 4.69) is 19.2 Å². The molecule has 100 valence electrons. The SMILES string of the molecule is CCC1CCC(O)(CNC(C)CC2CC2)CC1. The van der Waals surface area contributed by atoms with Gasteiger partial charge in [0.2, 0.25) is 0 Å². The van der Waals surface area contributed by atoms with E-state index >= 15 is 0 Å². The highest BCUT2D eigenvalue weighted by Gasteiger charge is 2.33. The van der Waals surface area contributed by atoms with Crippen LogP contribution in [-0.4, -0.2) is 23.3 Å². The van der Waals surface area contributed by atoms with Gasteiger partial charge in [0.1, 0.15) is 0 Å². The molecule has 17 heavy (non-hydrogen) atoms. The van der Waals surface area contributed by atoms with Crippen LogP contribution in [0.1, 0.15) is 65.2 Å². The van der Waals surface area contributed by atoms with E-state index in [1.54, 1.807) is 0 Å². The molecule has 0 aliphatic heterocycles. The van der Waals surface area contributed by atoms with Crippen LogP contribution in [0, 0.1) is 11.8 Å². The standard InChI is InChI=1S/C15H29NO/c1-3-13-6-8-15(17,9-7-13)11-16-12(2)10-14-4-5-14/h12-14,16-17H,3-11H2,1-2H3. The lowest BCUT2D eigenvalue weighted by Crippen LogP contribution is -2.46. The van der Waals surface area contributed by atoms with E-state index in [1.165, 1.54) is 38.5 Å². The number of rotatable bonds is 6. The smallest absolute Gasteiger partial charge is 0.0771 e. The van der Waals surface area contributed by atoms with Crippen LogP contribution in [0.4, 0.5) is 0 Å². The zero-order valence-corrected chi connectivity index (χ0v) is 11.5. The van der Waals surface area contributed by atoms with Crippen LogP contribution < -0.4 is 5.32 Å². The minimum atomic E-state index is -0.413. The highest BCUT2D eigenvalue weighted by atomic mass is 16.3. The quantitative estimate of drug-likeness (QED) is 0.746. The first kappa shape index (κ1) is 13.4. The van der Waals surface area contributed by atoms with Gasteiger partial charge < -0.3 is 10.4 Å². The van der Waals surface area contributed by atoms with Crippen LogP contribution in [0.3, 0.4) is 0 Å². The van der Waals surface area contributed by atoms with E-state index in [9.17, 15) is 5.11 Å². The van der Waals surface area contributed by atoms with Crippen molar-refractivity contribution in [3.05, 3.63) is 0 Å². The molecule has 2 aliphatic rings. The van der Waals surface area contributed by atoms with E-state index in [-0.39, 0.29) is 0 Å². The molecule has 2 nitrogen and oxygen atoms in total. The monoisotopic (exact) mass is 239 g/mol. The molecule has 1 atom stereocenters. The van der Waals surface area contributed by atoms with Gasteiger partial charge in [0.05, 0.1) is 5.60 Å². The molecule has 2 aliphatic carbocycles. The molecule has 0 aromatic heterocycles. The van der Waals surface area contributed by atoms with E-state index in [1.807, 2.05) is 0 Å². The Balaban J connectivity index is 1.66. The van der Waals surface area contributed by atoms with Crippen molar-refractivity contribution in [3.8, 4) is 0 Å². The highest BCUT2D eigenvalue weighted by molar-refractivity contribution is 4.88. The van der Waals surface area contributed by atoms with Crippen LogP contribution in [0.25, 0.3) is 0 Å². The third-order valence-corrected chi connectivity index (χ3v) is 4.78. The fourth-order valence-electron chi connectivity index (χ4n) is 3.10. The molecular formula is C15H29NO. The van der Waals surface area contributed by atoms with Crippen LogP contribution >= 0.6 is 0 Å². The van der Waals surface area contributed by atoms with Crippen molar-refractivity contribution in [1.29, 1.82) is 0 Å². The summed E-state index contributed by atoms with van der Waals surface area (Å²) in [6.07, 6.45) is 9.85. The molecule has 2 fully saturated rings. The number of nitrogens with one attached hydrogen (secondary N) is 1. The summed E-state index contributed by atoms with van der Waals surface area (Å²) < 4.78 is 0. The predicted octanol–water partition coefficient (Wildman–Crippen LogP) is 3.10. The van der Waals surface area contributed by atoms with Crippen molar-refractivity contribution in [2.45, 2.75) is 76.9 Å².